The molecule has 0 unspecified atom stereocenters. The first-order valence-electron chi connectivity index (χ1n) is 7.13. The molecule has 0 radical (unpaired) electrons. The van der Waals surface area contributed by atoms with Crippen LogP contribution in [-0.4, -0.2) is 31.1 Å². The molecule has 1 saturated carbocycles. The van der Waals surface area contributed by atoms with Gasteiger partial charge in [-0.2, -0.15) is 0 Å². The highest BCUT2D eigenvalue weighted by Crippen LogP contribution is 2.19. The van der Waals surface area contributed by atoms with E-state index in [9.17, 15) is 9.59 Å². The molecular formula is C15H20ClN3O2. The fourth-order valence-corrected chi connectivity index (χ4v) is 2.64. The van der Waals surface area contributed by atoms with E-state index >= 15 is 0 Å². The van der Waals surface area contributed by atoms with Crippen molar-refractivity contribution in [2.75, 3.05) is 7.05 Å². The molecule has 0 saturated heterocycles. The topological polar surface area (TPSA) is 70.2 Å². The molecule has 5 nitrogen and oxygen atoms in total. The van der Waals surface area contributed by atoms with Gasteiger partial charge in [-0.05, 0) is 49.9 Å². The summed E-state index contributed by atoms with van der Waals surface area (Å²) in [7, 11) is 1.60. The van der Waals surface area contributed by atoms with Crippen LogP contribution in [0.5, 0.6) is 0 Å². The van der Waals surface area contributed by atoms with Crippen molar-refractivity contribution in [2.45, 2.75) is 37.8 Å². The second kappa shape index (κ2) is 7.31. The van der Waals surface area contributed by atoms with Crippen LogP contribution in [-0.2, 0) is 0 Å². The van der Waals surface area contributed by atoms with Crippen LogP contribution in [0.15, 0.2) is 24.3 Å². The Balaban J connectivity index is 1.79. The van der Waals surface area contributed by atoms with Crippen LogP contribution in [0, 0.1) is 0 Å². The minimum Gasteiger partial charge on any atom is -0.349 e. The first-order chi connectivity index (χ1) is 10.1. The molecule has 1 aliphatic rings. The second-order valence-corrected chi connectivity index (χ2v) is 5.69. The van der Waals surface area contributed by atoms with Crippen molar-refractivity contribution in [3.05, 3.63) is 34.9 Å². The summed E-state index contributed by atoms with van der Waals surface area (Å²) < 4.78 is 0. The number of rotatable bonds is 3. The summed E-state index contributed by atoms with van der Waals surface area (Å²) in [5.74, 6) is -0.0747. The lowest BCUT2D eigenvalue weighted by Crippen LogP contribution is -2.46. The maximum Gasteiger partial charge on any atom is 0.314 e. The normalized spacial score (nSPS) is 21.4. The van der Waals surface area contributed by atoms with Gasteiger partial charge < -0.3 is 16.0 Å². The Morgan fingerprint density at radius 3 is 2.05 bits per heavy atom. The number of carbonyl (C=O) groups is 2. The number of urea groups is 1. The van der Waals surface area contributed by atoms with Crippen LogP contribution in [0.4, 0.5) is 4.79 Å². The van der Waals surface area contributed by atoms with Crippen LogP contribution in [0.2, 0.25) is 5.02 Å². The molecule has 3 N–H and O–H groups in total. The van der Waals surface area contributed by atoms with Crippen molar-refractivity contribution >= 4 is 23.5 Å². The molecule has 0 aliphatic heterocycles. The minimum atomic E-state index is -0.149. The Bertz CT molecular complexity index is 496. The number of hydrogen-bond acceptors (Lipinski definition) is 2. The van der Waals surface area contributed by atoms with E-state index in [-0.39, 0.29) is 24.0 Å². The summed E-state index contributed by atoms with van der Waals surface area (Å²) in [6, 6.07) is 7.06. The highest BCUT2D eigenvalue weighted by Gasteiger charge is 2.23. The van der Waals surface area contributed by atoms with Crippen molar-refractivity contribution in [1.29, 1.82) is 0 Å². The van der Waals surface area contributed by atoms with E-state index in [1.165, 1.54) is 0 Å². The predicted octanol–water partition coefficient (Wildman–Crippen LogP) is 2.31. The van der Waals surface area contributed by atoms with Crippen LogP contribution in [0.25, 0.3) is 0 Å². The zero-order valence-corrected chi connectivity index (χ0v) is 12.7. The van der Waals surface area contributed by atoms with E-state index in [1.807, 2.05) is 0 Å². The Labute approximate surface area is 129 Å². The van der Waals surface area contributed by atoms with Gasteiger partial charge in [0.2, 0.25) is 0 Å². The van der Waals surface area contributed by atoms with Crippen LogP contribution in [0.1, 0.15) is 36.0 Å². The predicted molar refractivity (Wildman–Crippen MR) is 82.6 cm³/mol. The molecule has 2 rings (SSSR count). The highest BCUT2D eigenvalue weighted by atomic mass is 35.5. The second-order valence-electron chi connectivity index (χ2n) is 5.25. The number of halogens is 1. The number of amides is 3. The van der Waals surface area contributed by atoms with Gasteiger partial charge in [0.05, 0.1) is 0 Å². The third kappa shape index (κ3) is 4.63. The largest absolute Gasteiger partial charge is 0.349 e. The van der Waals surface area contributed by atoms with Gasteiger partial charge in [-0.3, -0.25) is 4.79 Å². The standard InChI is InChI=1S/C15H20ClN3O2/c1-17-15(21)19-13-8-6-12(7-9-13)18-14(20)10-2-4-11(16)5-3-10/h2-5,12-13H,6-9H2,1H3,(H,18,20)(H2,17,19,21). The van der Waals surface area contributed by atoms with E-state index in [0.29, 0.717) is 10.6 Å². The maximum atomic E-state index is 12.1. The van der Waals surface area contributed by atoms with E-state index in [2.05, 4.69) is 16.0 Å². The molecule has 1 aromatic carbocycles. The Morgan fingerprint density at radius 2 is 1.52 bits per heavy atom. The molecule has 0 spiro atoms. The van der Waals surface area contributed by atoms with Gasteiger partial charge >= 0.3 is 6.03 Å². The summed E-state index contributed by atoms with van der Waals surface area (Å²) in [4.78, 5) is 23.3. The van der Waals surface area contributed by atoms with E-state index in [4.69, 9.17) is 11.6 Å². The van der Waals surface area contributed by atoms with Crippen molar-refractivity contribution < 1.29 is 9.59 Å². The monoisotopic (exact) mass is 309 g/mol. The minimum absolute atomic E-state index is 0.0747. The van der Waals surface area contributed by atoms with Crippen LogP contribution in [0.3, 0.4) is 0 Å². The quantitative estimate of drug-likeness (QED) is 0.802. The fraction of sp³-hybridized carbons (Fsp3) is 0.467. The average Bonchev–Trinajstić information content (AvgIpc) is 2.49. The molecule has 1 fully saturated rings. The average molecular weight is 310 g/mol. The van der Waals surface area contributed by atoms with Crippen LogP contribution < -0.4 is 16.0 Å². The van der Waals surface area contributed by atoms with Crippen molar-refractivity contribution in [3.63, 3.8) is 0 Å². The van der Waals surface area contributed by atoms with Crippen molar-refractivity contribution in [3.8, 4) is 0 Å². The molecule has 1 aliphatic carbocycles. The molecule has 21 heavy (non-hydrogen) atoms. The number of hydrogen-bond donors (Lipinski definition) is 3. The third-order valence-corrected chi connectivity index (χ3v) is 3.98. The van der Waals surface area contributed by atoms with Gasteiger partial charge in [-0.15, -0.1) is 0 Å². The molecule has 0 aromatic heterocycles. The van der Waals surface area contributed by atoms with E-state index in [1.54, 1.807) is 31.3 Å². The van der Waals surface area contributed by atoms with E-state index < -0.39 is 0 Å². The first-order valence-corrected chi connectivity index (χ1v) is 7.51. The van der Waals surface area contributed by atoms with Gasteiger partial charge in [0.1, 0.15) is 0 Å². The summed E-state index contributed by atoms with van der Waals surface area (Å²) in [5, 5.41) is 9.10. The number of nitrogens with one attached hydrogen (secondary N) is 3. The summed E-state index contributed by atoms with van der Waals surface area (Å²) >= 11 is 5.81. The SMILES string of the molecule is CNC(=O)NC1CCC(NC(=O)c2ccc(Cl)cc2)CC1. The Morgan fingerprint density at radius 1 is 1.00 bits per heavy atom. The fourth-order valence-electron chi connectivity index (χ4n) is 2.51. The molecule has 114 valence electrons. The first kappa shape index (κ1) is 15.6. The van der Waals surface area contributed by atoms with Gasteiger partial charge in [-0.25, -0.2) is 4.79 Å². The van der Waals surface area contributed by atoms with Gasteiger partial charge in [-0.1, -0.05) is 11.6 Å². The molecule has 0 atom stereocenters. The number of carbonyl (C=O) groups excluding carboxylic acids is 2. The van der Waals surface area contributed by atoms with Crippen molar-refractivity contribution in [2.24, 2.45) is 0 Å². The molecule has 0 bridgehead atoms. The van der Waals surface area contributed by atoms with E-state index in [0.717, 1.165) is 25.7 Å². The lowest BCUT2D eigenvalue weighted by Gasteiger charge is -2.29. The van der Waals surface area contributed by atoms with Gasteiger partial charge in [0.25, 0.3) is 5.91 Å². The van der Waals surface area contributed by atoms with Gasteiger partial charge in [0.15, 0.2) is 0 Å². The zero-order chi connectivity index (χ0) is 15.2. The third-order valence-electron chi connectivity index (χ3n) is 3.73. The summed E-state index contributed by atoms with van der Waals surface area (Å²) in [6.07, 6.45) is 3.49. The molecule has 0 heterocycles. The summed E-state index contributed by atoms with van der Waals surface area (Å²) in [6.45, 7) is 0. The molecule has 3 amide bonds. The van der Waals surface area contributed by atoms with Crippen molar-refractivity contribution in [1.82, 2.24) is 16.0 Å². The lowest BCUT2D eigenvalue weighted by molar-refractivity contribution is 0.0924. The maximum absolute atomic E-state index is 12.1. The molecule has 6 heteroatoms. The lowest BCUT2D eigenvalue weighted by atomic mass is 9.91. The molecule has 1 aromatic rings. The Hall–Kier alpha value is -1.75. The van der Waals surface area contributed by atoms with Gasteiger partial charge in [0, 0.05) is 29.7 Å². The van der Waals surface area contributed by atoms with Crippen LogP contribution >= 0.6 is 11.6 Å². The zero-order valence-electron chi connectivity index (χ0n) is 12.0. The smallest absolute Gasteiger partial charge is 0.314 e. The Kier molecular flexibility index (Phi) is 5.44. The highest BCUT2D eigenvalue weighted by molar-refractivity contribution is 6.30. The molecular weight excluding hydrogens is 290 g/mol. The number of benzene rings is 1. The summed E-state index contributed by atoms with van der Waals surface area (Å²) in [5.41, 5.74) is 0.616.